The van der Waals surface area contributed by atoms with Crippen molar-refractivity contribution >= 4 is 15.9 Å². The lowest BCUT2D eigenvalue weighted by Gasteiger charge is -2.16. The van der Waals surface area contributed by atoms with Gasteiger partial charge < -0.3 is 0 Å². The highest BCUT2D eigenvalue weighted by molar-refractivity contribution is 9.10. The Bertz CT molecular complexity index is 377. The molecule has 0 radical (unpaired) electrons. The van der Waals surface area contributed by atoms with E-state index in [1.807, 2.05) is 0 Å². The fourth-order valence-electron chi connectivity index (χ4n) is 2.34. The summed E-state index contributed by atoms with van der Waals surface area (Å²) in [5, 5.41) is 0. The van der Waals surface area contributed by atoms with Gasteiger partial charge in [-0.15, -0.1) is 0 Å². The molecule has 0 aliphatic rings. The van der Waals surface area contributed by atoms with Crippen LogP contribution in [0.15, 0.2) is 28.7 Å². The van der Waals surface area contributed by atoms with Gasteiger partial charge in [-0.2, -0.15) is 0 Å². The fourth-order valence-corrected chi connectivity index (χ4v) is 2.74. The molecule has 0 atom stereocenters. The largest absolute Gasteiger partial charge is 0.273 e. The SMILES string of the molecule is CCCCCCCCCCC(F)(F)c1cccc(Br)c1. The van der Waals surface area contributed by atoms with Crippen molar-refractivity contribution in [2.75, 3.05) is 0 Å². The molecule has 0 N–H and O–H groups in total. The van der Waals surface area contributed by atoms with Crippen LogP contribution in [0.4, 0.5) is 8.78 Å². The molecule has 0 nitrogen and oxygen atoms in total. The molecule has 0 amide bonds. The topological polar surface area (TPSA) is 0 Å². The zero-order chi connectivity index (χ0) is 14.8. The van der Waals surface area contributed by atoms with Gasteiger partial charge in [0, 0.05) is 16.5 Å². The summed E-state index contributed by atoms with van der Waals surface area (Å²) in [6.07, 6.45) is 8.81. The highest BCUT2D eigenvalue weighted by Gasteiger charge is 2.30. The second-order valence-electron chi connectivity index (χ2n) is 5.44. The molecule has 0 aromatic heterocycles. The number of unbranched alkanes of at least 4 members (excludes halogenated alkanes) is 7. The average Bonchev–Trinajstić information content (AvgIpc) is 2.42. The summed E-state index contributed by atoms with van der Waals surface area (Å²) in [4.78, 5) is 0. The average molecular weight is 347 g/mol. The van der Waals surface area contributed by atoms with Crippen molar-refractivity contribution in [2.45, 2.75) is 70.6 Å². The van der Waals surface area contributed by atoms with Crippen LogP contribution in [-0.2, 0) is 5.92 Å². The Labute approximate surface area is 130 Å². The van der Waals surface area contributed by atoms with Crippen LogP contribution in [0.2, 0.25) is 0 Å². The first kappa shape index (κ1) is 17.6. The molecule has 20 heavy (non-hydrogen) atoms. The van der Waals surface area contributed by atoms with E-state index < -0.39 is 5.92 Å². The normalized spacial score (nSPS) is 11.8. The van der Waals surface area contributed by atoms with Crippen molar-refractivity contribution in [1.82, 2.24) is 0 Å². The van der Waals surface area contributed by atoms with E-state index in [0.29, 0.717) is 10.9 Å². The van der Waals surface area contributed by atoms with Crippen LogP contribution in [-0.4, -0.2) is 0 Å². The molecule has 1 aromatic rings. The first-order valence-electron chi connectivity index (χ1n) is 7.70. The number of benzene rings is 1. The molecule has 0 saturated carbocycles. The highest BCUT2D eigenvalue weighted by Crippen LogP contribution is 2.34. The minimum absolute atomic E-state index is 0.0432. The molecule has 0 aliphatic carbocycles. The van der Waals surface area contributed by atoms with Crippen molar-refractivity contribution in [3.63, 3.8) is 0 Å². The van der Waals surface area contributed by atoms with Crippen LogP contribution in [0.3, 0.4) is 0 Å². The summed E-state index contributed by atoms with van der Waals surface area (Å²) in [6, 6.07) is 6.47. The van der Waals surface area contributed by atoms with Crippen molar-refractivity contribution in [1.29, 1.82) is 0 Å². The van der Waals surface area contributed by atoms with Crippen LogP contribution < -0.4 is 0 Å². The van der Waals surface area contributed by atoms with Crippen molar-refractivity contribution in [2.24, 2.45) is 0 Å². The van der Waals surface area contributed by atoms with Crippen LogP contribution in [0.25, 0.3) is 0 Å². The number of halogens is 3. The van der Waals surface area contributed by atoms with Crippen LogP contribution in [0.1, 0.15) is 70.3 Å². The highest BCUT2D eigenvalue weighted by atomic mass is 79.9. The lowest BCUT2D eigenvalue weighted by molar-refractivity contribution is -0.0158. The Kier molecular flexibility index (Phi) is 8.35. The third kappa shape index (κ3) is 6.83. The Morgan fingerprint density at radius 3 is 2.15 bits per heavy atom. The standard InChI is InChI=1S/C17H25BrF2/c1-2-3-4-5-6-7-8-9-13-17(19,20)15-11-10-12-16(18)14-15/h10-12,14H,2-9,13H2,1H3. The molecule has 0 aliphatic heterocycles. The smallest absolute Gasteiger partial charge is 0.201 e. The number of hydrogen-bond donors (Lipinski definition) is 0. The lowest BCUT2D eigenvalue weighted by Crippen LogP contribution is -2.13. The van der Waals surface area contributed by atoms with E-state index >= 15 is 0 Å². The van der Waals surface area contributed by atoms with Gasteiger partial charge in [0.05, 0.1) is 0 Å². The summed E-state index contributed by atoms with van der Waals surface area (Å²) < 4.78 is 28.7. The molecule has 114 valence electrons. The van der Waals surface area contributed by atoms with E-state index in [2.05, 4.69) is 22.9 Å². The Hall–Kier alpha value is -0.440. The second-order valence-corrected chi connectivity index (χ2v) is 6.36. The van der Waals surface area contributed by atoms with E-state index in [9.17, 15) is 8.78 Å². The molecule has 3 heteroatoms. The van der Waals surface area contributed by atoms with Crippen molar-refractivity contribution in [3.8, 4) is 0 Å². The molecule has 1 aromatic carbocycles. The predicted octanol–water partition coefficient (Wildman–Crippen LogP) is 7.07. The van der Waals surface area contributed by atoms with Gasteiger partial charge in [-0.1, -0.05) is 79.9 Å². The minimum Gasteiger partial charge on any atom is -0.201 e. The Morgan fingerprint density at radius 1 is 0.950 bits per heavy atom. The minimum atomic E-state index is -2.70. The molecule has 0 spiro atoms. The van der Waals surface area contributed by atoms with Gasteiger partial charge >= 0.3 is 0 Å². The fraction of sp³-hybridized carbons (Fsp3) is 0.647. The number of hydrogen-bond acceptors (Lipinski definition) is 0. The molecular formula is C17H25BrF2. The summed E-state index contributed by atoms with van der Waals surface area (Å²) in [5.74, 6) is -2.70. The van der Waals surface area contributed by atoms with Gasteiger partial charge in [-0.3, -0.25) is 0 Å². The first-order valence-corrected chi connectivity index (χ1v) is 8.49. The van der Waals surface area contributed by atoms with Gasteiger partial charge in [-0.05, 0) is 18.6 Å². The number of rotatable bonds is 10. The summed E-state index contributed by atoms with van der Waals surface area (Å²) in [5.41, 5.74) is 0.120. The molecule has 0 saturated heterocycles. The molecule has 1 rings (SSSR count). The van der Waals surface area contributed by atoms with E-state index in [4.69, 9.17) is 0 Å². The third-order valence-electron chi connectivity index (χ3n) is 3.59. The van der Waals surface area contributed by atoms with E-state index in [0.717, 1.165) is 12.8 Å². The Balaban J connectivity index is 2.20. The maximum absolute atomic E-state index is 14.0. The monoisotopic (exact) mass is 346 g/mol. The third-order valence-corrected chi connectivity index (χ3v) is 4.08. The second kappa shape index (κ2) is 9.49. The first-order chi connectivity index (χ1) is 9.56. The van der Waals surface area contributed by atoms with Crippen LogP contribution in [0.5, 0.6) is 0 Å². The molecule has 0 unspecified atom stereocenters. The zero-order valence-electron chi connectivity index (χ0n) is 12.3. The van der Waals surface area contributed by atoms with Gasteiger partial charge in [0.2, 0.25) is 0 Å². The van der Waals surface area contributed by atoms with Crippen LogP contribution in [0, 0.1) is 0 Å². The van der Waals surface area contributed by atoms with Gasteiger partial charge in [0.25, 0.3) is 5.92 Å². The zero-order valence-corrected chi connectivity index (χ0v) is 13.9. The molecule has 0 heterocycles. The van der Waals surface area contributed by atoms with Crippen molar-refractivity contribution < 1.29 is 8.78 Å². The van der Waals surface area contributed by atoms with Crippen molar-refractivity contribution in [3.05, 3.63) is 34.3 Å². The lowest BCUT2D eigenvalue weighted by atomic mass is 10.0. The molecule has 0 fully saturated rings. The molecular weight excluding hydrogens is 322 g/mol. The number of alkyl halides is 2. The van der Waals surface area contributed by atoms with Gasteiger partial charge in [-0.25, -0.2) is 8.78 Å². The summed E-state index contributed by atoms with van der Waals surface area (Å²) >= 11 is 3.24. The summed E-state index contributed by atoms with van der Waals surface area (Å²) in [7, 11) is 0. The van der Waals surface area contributed by atoms with E-state index in [1.165, 1.54) is 44.2 Å². The quantitative estimate of drug-likeness (QED) is 0.397. The maximum Gasteiger partial charge on any atom is 0.273 e. The van der Waals surface area contributed by atoms with E-state index in [1.54, 1.807) is 12.1 Å². The summed E-state index contributed by atoms with van der Waals surface area (Å²) in [6.45, 7) is 2.20. The Morgan fingerprint density at radius 2 is 1.55 bits per heavy atom. The predicted molar refractivity (Wildman–Crippen MR) is 85.3 cm³/mol. The van der Waals surface area contributed by atoms with Gasteiger partial charge in [0.1, 0.15) is 0 Å². The molecule has 0 bridgehead atoms. The van der Waals surface area contributed by atoms with Crippen LogP contribution >= 0.6 is 15.9 Å². The van der Waals surface area contributed by atoms with Gasteiger partial charge in [0.15, 0.2) is 0 Å². The maximum atomic E-state index is 14.0. The van der Waals surface area contributed by atoms with E-state index in [-0.39, 0.29) is 12.0 Å².